The lowest BCUT2D eigenvalue weighted by atomic mass is 10.3. The zero-order chi connectivity index (χ0) is 15.5. The third-order valence-electron chi connectivity index (χ3n) is 2.94. The monoisotopic (exact) mass is 408 g/mol. The summed E-state index contributed by atoms with van der Waals surface area (Å²) in [5.74, 6) is 0.302. The number of pyridine rings is 1. The maximum Gasteiger partial charge on any atom is 0.244 e. The van der Waals surface area contributed by atoms with Crippen molar-refractivity contribution >= 4 is 48.9 Å². The van der Waals surface area contributed by atoms with Gasteiger partial charge in [0.1, 0.15) is 4.90 Å². The summed E-state index contributed by atoms with van der Waals surface area (Å²) in [5.41, 5.74) is 0.866. The zero-order valence-electron chi connectivity index (χ0n) is 11.3. The predicted octanol–water partition coefficient (Wildman–Crippen LogP) is 3.51. The quantitative estimate of drug-likeness (QED) is 0.686. The molecule has 0 saturated heterocycles. The Hall–Kier alpha value is -0.470. The first-order valence-electron chi connectivity index (χ1n) is 6.15. The standard InChI is InChI=1S/C13H14BrClN2O2S2/c1-17(7-5-10-4-2-3-6-16-10)21(18,19)12-8-11(9-15)20-13(12)14/h2-4,6,8H,5,7,9H2,1H3. The van der Waals surface area contributed by atoms with Crippen LogP contribution in [0.25, 0.3) is 0 Å². The number of likely N-dealkylation sites (N-methyl/N-ethyl adjacent to an activating group) is 1. The number of sulfonamides is 1. The Kier molecular flexibility index (Phi) is 5.79. The van der Waals surface area contributed by atoms with E-state index >= 15 is 0 Å². The van der Waals surface area contributed by atoms with Crippen LogP contribution in [0, 0.1) is 0 Å². The Morgan fingerprint density at radius 2 is 2.19 bits per heavy atom. The summed E-state index contributed by atoms with van der Waals surface area (Å²) in [7, 11) is -1.95. The first-order chi connectivity index (χ1) is 9.95. The Labute approximate surface area is 141 Å². The van der Waals surface area contributed by atoms with Gasteiger partial charge in [-0.2, -0.15) is 0 Å². The molecule has 0 N–H and O–H groups in total. The van der Waals surface area contributed by atoms with Gasteiger partial charge in [0.2, 0.25) is 10.0 Å². The molecule has 2 heterocycles. The first-order valence-corrected chi connectivity index (χ1v) is 9.74. The molecule has 0 atom stereocenters. The van der Waals surface area contributed by atoms with Gasteiger partial charge in [0, 0.05) is 36.8 Å². The number of halogens is 2. The molecule has 2 aromatic heterocycles. The van der Waals surface area contributed by atoms with E-state index in [4.69, 9.17) is 11.6 Å². The lowest BCUT2D eigenvalue weighted by molar-refractivity contribution is 0.471. The fourth-order valence-electron chi connectivity index (χ4n) is 1.75. The van der Waals surface area contributed by atoms with E-state index in [0.29, 0.717) is 22.6 Å². The summed E-state index contributed by atoms with van der Waals surface area (Å²) in [4.78, 5) is 5.28. The maximum atomic E-state index is 12.5. The molecule has 0 spiro atoms. The second-order valence-corrected chi connectivity index (χ2v) is 9.12. The Morgan fingerprint density at radius 1 is 1.43 bits per heavy atom. The van der Waals surface area contributed by atoms with Crippen LogP contribution in [0.1, 0.15) is 10.6 Å². The topological polar surface area (TPSA) is 50.3 Å². The van der Waals surface area contributed by atoms with Gasteiger partial charge < -0.3 is 0 Å². The van der Waals surface area contributed by atoms with Gasteiger partial charge in [-0.15, -0.1) is 22.9 Å². The fraction of sp³-hybridized carbons (Fsp3) is 0.308. The number of nitrogens with zero attached hydrogens (tertiary/aromatic N) is 2. The number of hydrogen-bond acceptors (Lipinski definition) is 4. The molecule has 0 aliphatic heterocycles. The molecule has 0 unspecified atom stereocenters. The van der Waals surface area contributed by atoms with Crippen LogP contribution in [0.5, 0.6) is 0 Å². The molecular weight excluding hydrogens is 396 g/mol. The van der Waals surface area contributed by atoms with Crippen LogP contribution in [-0.4, -0.2) is 31.3 Å². The van der Waals surface area contributed by atoms with Gasteiger partial charge in [-0.05, 0) is 34.1 Å². The van der Waals surface area contributed by atoms with Crippen molar-refractivity contribution in [3.63, 3.8) is 0 Å². The summed E-state index contributed by atoms with van der Waals surface area (Å²) in [6.07, 6.45) is 2.27. The van der Waals surface area contributed by atoms with E-state index in [-0.39, 0.29) is 4.90 Å². The average Bonchev–Trinajstić information content (AvgIpc) is 2.87. The van der Waals surface area contributed by atoms with Crippen molar-refractivity contribution in [3.8, 4) is 0 Å². The summed E-state index contributed by atoms with van der Waals surface area (Å²) >= 11 is 10.4. The van der Waals surface area contributed by atoms with Crippen LogP contribution >= 0.6 is 38.9 Å². The molecule has 0 radical (unpaired) electrons. The lowest BCUT2D eigenvalue weighted by Crippen LogP contribution is -2.29. The highest BCUT2D eigenvalue weighted by atomic mass is 79.9. The Bertz CT molecular complexity index is 704. The number of aromatic nitrogens is 1. The number of hydrogen-bond donors (Lipinski definition) is 0. The minimum atomic E-state index is -3.52. The molecule has 0 aliphatic rings. The molecule has 0 aliphatic carbocycles. The van der Waals surface area contributed by atoms with Crippen molar-refractivity contribution in [2.24, 2.45) is 0 Å². The van der Waals surface area contributed by atoms with E-state index in [2.05, 4.69) is 20.9 Å². The third kappa shape index (κ3) is 4.04. The number of rotatable bonds is 6. The highest BCUT2D eigenvalue weighted by Crippen LogP contribution is 2.33. The normalized spacial score (nSPS) is 12.0. The molecule has 4 nitrogen and oxygen atoms in total. The van der Waals surface area contributed by atoms with E-state index in [9.17, 15) is 8.42 Å². The molecule has 21 heavy (non-hydrogen) atoms. The van der Waals surface area contributed by atoms with Crippen LogP contribution in [-0.2, 0) is 22.3 Å². The van der Waals surface area contributed by atoms with Gasteiger partial charge in [0.25, 0.3) is 0 Å². The van der Waals surface area contributed by atoms with E-state index in [1.165, 1.54) is 15.6 Å². The van der Waals surface area contributed by atoms with Crippen molar-refractivity contribution in [1.82, 2.24) is 9.29 Å². The van der Waals surface area contributed by atoms with Crippen LogP contribution in [0.2, 0.25) is 0 Å². The van der Waals surface area contributed by atoms with Crippen molar-refractivity contribution in [3.05, 3.63) is 44.8 Å². The van der Waals surface area contributed by atoms with Crippen LogP contribution in [0.4, 0.5) is 0 Å². The van der Waals surface area contributed by atoms with Gasteiger partial charge in [0.05, 0.1) is 9.67 Å². The van der Waals surface area contributed by atoms with E-state index in [1.54, 1.807) is 19.3 Å². The SMILES string of the molecule is CN(CCc1ccccn1)S(=O)(=O)c1cc(CCl)sc1Br. The molecule has 0 saturated carbocycles. The van der Waals surface area contributed by atoms with Crippen molar-refractivity contribution in [1.29, 1.82) is 0 Å². The summed E-state index contributed by atoms with van der Waals surface area (Å²) < 4.78 is 27.0. The van der Waals surface area contributed by atoms with Crippen LogP contribution in [0.3, 0.4) is 0 Å². The minimum absolute atomic E-state index is 0.270. The molecule has 2 rings (SSSR count). The smallest absolute Gasteiger partial charge is 0.244 e. The van der Waals surface area contributed by atoms with Crippen molar-refractivity contribution in [2.75, 3.05) is 13.6 Å². The zero-order valence-corrected chi connectivity index (χ0v) is 15.3. The van der Waals surface area contributed by atoms with Gasteiger partial charge in [-0.3, -0.25) is 4.98 Å². The lowest BCUT2D eigenvalue weighted by Gasteiger charge is -2.16. The number of alkyl halides is 1. The Balaban J connectivity index is 2.13. The van der Waals surface area contributed by atoms with E-state index in [1.807, 2.05) is 18.2 Å². The molecular formula is C13H14BrClN2O2S2. The second-order valence-electron chi connectivity index (χ2n) is 4.38. The predicted molar refractivity (Wildman–Crippen MR) is 89.3 cm³/mol. The highest BCUT2D eigenvalue weighted by molar-refractivity contribution is 9.11. The minimum Gasteiger partial charge on any atom is -0.261 e. The summed E-state index contributed by atoms with van der Waals surface area (Å²) in [6, 6.07) is 7.22. The second kappa shape index (κ2) is 7.19. The molecule has 0 amide bonds. The summed E-state index contributed by atoms with van der Waals surface area (Å²) in [5, 5.41) is 0. The number of thiophene rings is 1. The van der Waals surface area contributed by atoms with E-state index in [0.717, 1.165) is 10.6 Å². The van der Waals surface area contributed by atoms with Gasteiger partial charge >= 0.3 is 0 Å². The van der Waals surface area contributed by atoms with Gasteiger partial charge in [-0.25, -0.2) is 12.7 Å². The van der Waals surface area contributed by atoms with Crippen molar-refractivity contribution < 1.29 is 8.42 Å². The molecule has 0 aromatic carbocycles. The highest BCUT2D eigenvalue weighted by Gasteiger charge is 2.25. The van der Waals surface area contributed by atoms with Gasteiger partial charge in [-0.1, -0.05) is 6.07 Å². The fourth-order valence-corrected chi connectivity index (χ4v) is 5.64. The van der Waals surface area contributed by atoms with Gasteiger partial charge in [0.15, 0.2) is 0 Å². The molecule has 8 heteroatoms. The molecule has 0 bridgehead atoms. The van der Waals surface area contributed by atoms with Crippen molar-refractivity contribution in [2.45, 2.75) is 17.2 Å². The summed E-state index contributed by atoms with van der Waals surface area (Å²) in [6.45, 7) is 0.373. The molecule has 114 valence electrons. The van der Waals surface area contributed by atoms with Crippen LogP contribution < -0.4 is 0 Å². The molecule has 2 aromatic rings. The Morgan fingerprint density at radius 3 is 2.76 bits per heavy atom. The average molecular weight is 410 g/mol. The van der Waals surface area contributed by atoms with E-state index < -0.39 is 10.0 Å². The molecule has 0 fully saturated rings. The largest absolute Gasteiger partial charge is 0.261 e. The third-order valence-corrected chi connectivity index (χ3v) is 7.49. The van der Waals surface area contributed by atoms with Crippen LogP contribution in [0.15, 0.2) is 39.1 Å². The maximum absolute atomic E-state index is 12.5. The first kappa shape index (κ1) is 16.9.